The number of rotatable bonds is 3. The Bertz CT molecular complexity index is 480. The van der Waals surface area contributed by atoms with E-state index < -0.39 is 10.0 Å². The molecule has 6 heteroatoms. The smallest absolute Gasteiger partial charge is 0.244 e. The number of pyridine rings is 1. The van der Waals surface area contributed by atoms with E-state index in [1.165, 1.54) is 18.5 Å². The topological polar surface area (TPSA) is 85.1 Å². The number of hydrogen-bond donors (Lipinski definition) is 2. The highest BCUT2D eigenvalue weighted by atomic mass is 32.2. The van der Waals surface area contributed by atoms with Gasteiger partial charge in [-0.15, -0.1) is 0 Å². The van der Waals surface area contributed by atoms with Crippen LogP contribution in [-0.2, 0) is 10.0 Å². The first-order valence-corrected chi connectivity index (χ1v) is 6.15. The van der Waals surface area contributed by atoms with Crippen LogP contribution in [0.3, 0.4) is 0 Å². The van der Waals surface area contributed by atoms with Crippen LogP contribution in [0.5, 0.6) is 0 Å². The lowest BCUT2D eigenvalue weighted by atomic mass is 10.4. The van der Waals surface area contributed by atoms with Gasteiger partial charge in [0.05, 0.1) is 5.69 Å². The quantitative estimate of drug-likeness (QED) is 0.787. The Morgan fingerprint density at radius 1 is 1.53 bits per heavy atom. The highest BCUT2D eigenvalue weighted by molar-refractivity contribution is 7.89. The molecule has 0 atom stereocenters. The van der Waals surface area contributed by atoms with Crippen LogP contribution in [0.25, 0.3) is 0 Å². The Hall–Kier alpha value is -1.14. The van der Waals surface area contributed by atoms with E-state index in [0.717, 1.165) is 12.8 Å². The fourth-order valence-corrected chi connectivity index (χ4v) is 2.83. The Morgan fingerprint density at radius 2 is 2.20 bits per heavy atom. The van der Waals surface area contributed by atoms with Crippen molar-refractivity contribution >= 4 is 15.7 Å². The number of anilines is 1. The van der Waals surface area contributed by atoms with Gasteiger partial charge in [-0.25, -0.2) is 13.1 Å². The number of nitrogen functional groups attached to an aromatic ring is 1. The predicted octanol–water partition coefficient (Wildman–Crippen LogP) is 0.495. The number of sulfonamides is 1. The molecule has 5 nitrogen and oxygen atoms in total. The zero-order valence-corrected chi connectivity index (χ0v) is 9.21. The molecular weight excluding hydrogens is 214 g/mol. The Labute approximate surface area is 88.8 Å². The zero-order valence-electron chi connectivity index (χ0n) is 8.40. The number of hydrogen-bond acceptors (Lipinski definition) is 4. The van der Waals surface area contributed by atoms with Crippen molar-refractivity contribution < 1.29 is 8.42 Å². The number of nitrogens with two attached hydrogens (primary N) is 1. The van der Waals surface area contributed by atoms with Crippen molar-refractivity contribution in [2.45, 2.75) is 30.2 Å². The summed E-state index contributed by atoms with van der Waals surface area (Å²) in [5.41, 5.74) is 5.52. The minimum absolute atomic E-state index is 0.0538. The van der Waals surface area contributed by atoms with Crippen molar-refractivity contribution in [1.82, 2.24) is 9.71 Å². The van der Waals surface area contributed by atoms with Crippen molar-refractivity contribution in [3.8, 4) is 0 Å². The summed E-state index contributed by atoms with van der Waals surface area (Å²) < 4.78 is 26.4. The molecule has 0 radical (unpaired) electrons. The van der Waals surface area contributed by atoms with Crippen LogP contribution in [0.15, 0.2) is 23.4 Å². The third kappa shape index (κ3) is 2.10. The molecule has 0 saturated heterocycles. The van der Waals surface area contributed by atoms with Crippen LogP contribution in [-0.4, -0.2) is 18.9 Å². The van der Waals surface area contributed by atoms with Gasteiger partial charge in [-0.2, -0.15) is 0 Å². The van der Waals surface area contributed by atoms with Crippen molar-refractivity contribution in [2.75, 3.05) is 5.73 Å². The first-order valence-electron chi connectivity index (χ1n) is 4.66. The van der Waals surface area contributed by atoms with Gasteiger partial charge in [-0.1, -0.05) is 0 Å². The molecule has 0 aromatic carbocycles. The van der Waals surface area contributed by atoms with Gasteiger partial charge in [0.15, 0.2) is 0 Å². The molecule has 1 aromatic heterocycles. The van der Waals surface area contributed by atoms with E-state index >= 15 is 0 Å². The molecule has 0 spiro atoms. The first kappa shape index (κ1) is 10.4. The standard InChI is InChI=1S/C9H13N3O2S/c1-9(3-4-9)12-15(13,14)8-6-11-5-2-7(8)10/h2,5-6,12H,3-4H2,1H3,(H2,10,11). The van der Waals surface area contributed by atoms with Gasteiger partial charge in [0, 0.05) is 17.9 Å². The molecule has 1 aromatic rings. The molecule has 2 rings (SSSR count). The molecule has 15 heavy (non-hydrogen) atoms. The summed E-state index contributed by atoms with van der Waals surface area (Å²) in [5, 5.41) is 0. The lowest BCUT2D eigenvalue weighted by Crippen LogP contribution is -2.34. The average molecular weight is 227 g/mol. The van der Waals surface area contributed by atoms with Gasteiger partial charge in [-0.05, 0) is 25.8 Å². The van der Waals surface area contributed by atoms with Gasteiger partial charge in [0.1, 0.15) is 4.90 Å². The molecule has 0 bridgehead atoms. The Morgan fingerprint density at radius 3 is 2.73 bits per heavy atom. The number of nitrogens with zero attached hydrogens (tertiary/aromatic N) is 1. The second-order valence-corrected chi connectivity index (χ2v) is 5.73. The van der Waals surface area contributed by atoms with Crippen molar-refractivity contribution in [3.05, 3.63) is 18.5 Å². The van der Waals surface area contributed by atoms with E-state index in [4.69, 9.17) is 5.73 Å². The van der Waals surface area contributed by atoms with Crippen LogP contribution in [0.1, 0.15) is 19.8 Å². The molecule has 1 saturated carbocycles. The average Bonchev–Trinajstić information content (AvgIpc) is 2.82. The molecule has 0 aliphatic heterocycles. The van der Waals surface area contributed by atoms with E-state index in [9.17, 15) is 8.42 Å². The third-order valence-electron chi connectivity index (χ3n) is 2.49. The SMILES string of the molecule is CC1(NS(=O)(=O)c2cnccc2N)CC1. The van der Waals surface area contributed by atoms with E-state index in [1.54, 1.807) is 0 Å². The van der Waals surface area contributed by atoms with Gasteiger partial charge < -0.3 is 5.73 Å². The van der Waals surface area contributed by atoms with E-state index in [1.807, 2.05) is 6.92 Å². The molecule has 0 amide bonds. The summed E-state index contributed by atoms with van der Waals surface area (Å²) in [7, 11) is -3.52. The summed E-state index contributed by atoms with van der Waals surface area (Å²) in [6, 6.07) is 1.48. The van der Waals surface area contributed by atoms with Crippen LogP contribution in [0.4, 0.5) is 5.69 Å². The lowest BCUT2D eigenvalue weighted by Gasteiger charge is -2.12. The summed E-state index contributed by atoms with van der Waals surface area (Å²) >= 11 is 0. The van der Waals surface area contributed by atoms with Gasteiger partial charge in [0.2, 0.25) is 10.0 Å². The van der Waals surface area contributed by atoms with Crippen molar-refractivity contribution in [2.24, 2.45) is 0 Å². The largest absolute Gasteiger partial charge is 0.398 e. The van der Waals surface area contributed by atoms with Gasteiger partial charge >= 0.3 is 0 Å². The van der Waals surface area contributed by atoms with E-state index in [0.29, 0.717) is 0 Å². The summed E-state index contributed by atoms with van der Waals surface area (Å²) in [4.78, 5) is 3.82. The monoisotopic (exact) mass is 227 g/mol. The maximum absolute atomic E-state index is 11.9. The molecule has 1 aliphatic rings. The van der Waals surface area contributed by atoms with E-state index in [2.05, 4.69) is 9.71 Å². The number of aromatic nitrogens is 1. The lowest BCUT2D eigenvalue weighted by molar-refractivity contribution is 0.558. The predicted molar refractivity (Wildman–Crippen MR) is 56.6 cm³/mol. The molecule has 3 N–H and O–H groups in total. The molecule has 1 heterocycles. The van der Waals surface area contributed by atoms with Crippen LogP contribution < -0.4 is 10.5 Å². The molecule has 0 unspecified atom stereocenters. The highest BCUT2D eigenvalue weighted by Gasteiger charge is 2.41. The summed E-state index contributed by atoms with van der Waals surface area (Å²) in [6.07, 6.45) is 4.47. The van der Waals surface area contributed by atoms with Gasteiger partial charge in [0.25, 0.3) is 0 Å². The highest BCUT2D eigenvalue weighted by Crippen LogP contribution is 2.36. The van der Waals surface area contributed by atoms with Crippen molar-refractivity contribution in [3.63, 3.8) is 0 Å². The molecule has 1 aliphatic carbocycles. The molecule has 82 valence electrons. The molecular formula is C9H13N3O2S. The van der Waals surface area contributed by atoms with Crippen molar-refractivity contribution in [1.29, 1.82) is 0 Å². The number of nitrogens with one attached hydrogen (secondary N) is 1. The maximum atomic E-state index is 11.9. The minimum Gasteiger partial charge on any atom is -0.398 e. The minimum atomic E-state index is -3.52. The van der Waals surface area contributed by atoms with Crippen LogP contribution in [0.2, 0.25) is 0 Å². The molecule has 1 fully saturated rings. The second kappa shape index (κ2) is 3.18. The summed E-state index contributed by atoms with van der Waals surface area (Å²) in [5.74, 6) is 0. The van der Waals surface area contributed by atoms with Gasteiger partial charge in [-0.3, -0.25) is 4.98 Å². The second-order valence-electron chi connectivity index (χ2n) is 4.08. The summed E-state index contributed by atoms with van der Waals surface area (Å²) in [6.45, 7) is 1.87. The van der Waals surface area contributed by atoms with Crippen LogP contribution >= 0.6 is 0 Å². The fourth-order valence-electron chi connectivity index (χ4n) is 1.28. The fraction of sp³-hybridized carbons (Fsp3) is 0.444. The zero-order chi connectivity index (χ0) is 11.1. The Balaban J connectivity index is 2.33. The first-order chi connectivity index (χ1) is 6.93. The normalized spacial score (nSPS) is 18.7. The van der Waals surface area contributed by atoms with Crippen LogP contribution in [0, 0.1) is 0 Å². The van der Waals surface area contributed by atoms with E-state index in [-0.39, 0.29) is 16.1 Å². The Kier molecular flexibility index (Phi) is 2.20. The maximum Gasteiger partial charge on any atom is 0.244 e. The third-order valence-corrected chi connectivity index (χ3v) is 4.17.